The average molecular weight is 621 g/mol. The number of unbranched alkanes of at least 4 members (excludes halogenated alkanes) is 6. The largest absolute Gasteiger partial charge is 0.480 e. The Balaban J connectivity index is 2.27. The number of carbonyl (C=O) groups excluding carboxylic acids is 1. The fourth-order valence-corrected chi connectivity index (χ4v) is 6.95. The molecular formula is C38H72N2O4. The van der Waals surface area contributed by atoms with Crippen LogP contribution in [0.25, 0.3) is 0 Å². The van der Waals surface area contributed by atoms with Gasteiger partial charge in [0.05, 0.1) is 0 Å². The van der Waals surface area contributed by atoms with E-state index in [2.05, 4.69) is 37.4 Å². The van der Waals surface area contributed by atoms with Gasteiger partial charge < -0.3 is 14.7 Å². The second-order valence-electron chi connectivity index (χ2n) is 13.8. The topological polar surface area (TPSA) is 79.2 Å². The zero-order chi connectivity index (χ0) is 32.3. The van der Waals surface area contributed by atoms with E-state index in [4.69, 9.17) is 9.84 Å². The number of carboxylic acid groups (broad SMARTS) is 1. The van der Waals surface area contributed by atoms with Gasteiger partial charge in [-0.15, -0.1) is 0 Å². The lowest BCUT2D eigenvalue weighted by atomic mass is 9.83. The lowest BCUT2D eigenvalue weighted by Crippen LogP contribution is -2.27. The number of ether oxygens (including phenoxy) is 1. The third-order valence-electron chi connectivity index (χ3n) is 10.1. The molecular weight excluding hydrogens is 548 g/mol. The highest BCUT2D eigenvalue weighted by molar-refractivity contribution is 5.74. The van der Waals surface area contributed by atoms with Gasteiger partial charge in [0.2, 0.25) is 0 Å². The first-order valence-corrected chi connectivity index (χ1v) is 19.0. The highest BCUT2D eigenvalue weighted by Gasteiger charge is 2.17. The molecule has 1 N–H and O–H groups in total. The third kappa shape index (κ3) is 21.3. The molecule has 4 atom stereocenters. The molecule has 1 aliphatic carbocycles. The molecule has 1 saturated carbocycles. The van der Waals surface area contributed by atoms with E-state index in [0.717, 1.165) is 70.0 Å². The molecule has 4 unspecified atom stereocenters. The number of nitrogens with zero attached hydrogens (tertiary/aromatic N) is 2. The van der Waals surface area contributed by atoms with Crippen LogP contribution in [0.5, 0.6) is 0 Å². The van der Waals surface area contributed by atoms with Gasteiger partial charge in [0, 0.05) is 6.42 Å². The lowest BCUT2D eigenvalue weighted by Gasteiger charge is -2.23. The number of hydrogen-bond donors (Lipinski definition) is 1. The van der Waals surface area contributed by atoms with E-state index < -0.39 is 12.0 Å². The molecule has 0 aliphatic heterocycles. The maximum Gasteiger partial charge on any atom is 0.328 e. The molecule has 0 heterocycles. The van der Waals surface area contributed by atoms with Crippen LogP contribution < -0.4 is 0 Å². The number of aliphatic carboxylic acids is 1. The molecule has 0 radical (unpaired) electrons. The molecule has 0 spiro atoms. The molecule has 0 aromatic carbocycles. The predicted molar refractivity (Wildman–Crippen MR) is 187 cm³/mol. The Morgan fingerprint density at radius 1 is 0.773 bits per heavy atom. The summed E-state index contributed by atoms with van der Waals surface area (Å²) in [5, 5.41) is 9.14. The quantitative estimate of drug-likeness (QED) is 0.0832. The van der Waals surface area contributed by atoms with Gasteiger partial charge in [-0.2, -0.15) is 0 Å². The summed E-state index contributed by atoms with van der Waals surface area (Å²) in [6.45, 7) is 13.7. The Morgan fingerprint density at radius 3 is 1.93 bits per heavy atom. The maximum absolute atomic E-state index is 12.7. The van der Waals surface area contributed by atoms with Crippen LogP contribution in [0.4, 0.5) is 0 Å². The SMILES string of the molecule is C=NC(CCCCN(CCCC)CCCCCCCC(=O)OC1CCCCCCCC(C)C(CC)CCCCCC1)C(=O)O. The normalized spacial score (nSPS) is 22.0. The van der Waals surface area contributed by atoms with Crippen molar-refractivity contribution >= 4 is 18.7 Å². The van der Waals surface area contributed by atoms with Gasteiger partial charge >= 0.3 is 11.9 Å². The van der Waals surface area contributed by atoms with Crippen LogP contribution in [0, 0.1) is 11.8 Å². The van der Waals surface area contributed by atoms with Gasteiger partial charge in [-0.25, -0.2) is 4.79 Å². The fourth-order valence-electron chi connectivity index (χ4n) is 6.95. The van der Waals surface area contributed by atoms with Gasteiger partial charge in [0.25, 0.3) is 0 Å². The van der Waals surface area contributed by atoms with E-state index >= 15 is 0 Å². The molecule has 1 fully saturated rings. The Hall–Kier alpha value is -1.43. The highest BCUT2D eigenvalue weighted by Crippen LogP contribution is 2.28. The van der Waals surface area contributed by atoms with Crippen molar-refractivity contribution in [2.24, 2.45) is 16.8 Å². The first-order valence-electron chi connectivity index (χ1n) is 19.0. The molecule has 1 rings (SSSR count). The van der Waals surface area contributed by atoms with Crippen LogP contribution >= 0.6 is 0 Å². The van der Waals surface area contributed by atoms with E-state index in [0.29, 0.717) is 12.8 Å². The molecule has 44 heavy (non-hydrogen) atoms. The molecule has 6 nitrogen and oxygen atoms in total. The minimum atomic E-state index is -0.872. The van der Waals surface area contributed by atoms with Crippen LogP contribution in [0.1, 0.15) is 181 Å². The van der Waals surface area contributed by atoms with Gasteiger partial charge in [-0.3, -0.25) is 9.79 Å². The van der Waals surface area contributed by atoms with Crippen LogP contribution in [0.15, 0.2) is 4.99 Å². The van der Waals surface area contributed by atoms with Gasteiger partial charge in [0.1, 0.15) is 12.1 Å². The maximum atomic E-state index is 12.7. The molecule has 0 aromatic heterocycles. The zero-order valence-electron chi connectivity index (χ0n) is 29.4. The van der Waals surface area contributed by atoms with Crippen molar-refractivity contribution in [2.75, 3.05) is 19.6 Å². The Morgan fingerprint density at radius 2 is 1.32 bits per heavy atom. The number of aliphatic imine (C=N–C) groups is 1. The molecule has 258 valence electrons. The van der Waals surface area contributed by atoms with Crippen LogP contribution in [-0.4, -0.2) is 60.4 Å². The highest BCUT2D eigenvalue weighted by atomic mass is 16.5. The Kier molecular flexibility index (Phi) is 25.7. The summed E-state index contributed by atoms with van der Waals surface area (Å²) < 4.78 is 6.04. The lowest BCUT2D eigenvalue weighted by molar-refractivity contribution is -0.150. The average Bonchev–Trinajstić information content (AvgIpc) is 3.00. The monoisotopic (exact) mass is 621 g/mol. The third-order valence-corrected chi connectivity index (χ3v) is 10.1. The Labute approximate surface area is 272 Å². The number of esters is 1. The van der Waals surface area contributed by atoms with E-state index in [1.807, 2.05) is 0 Å². The summed E-state index contributed by atoms with van der Waals surface area (Å²) in [6.07, 6.45) is 28.9. The molecule has 0 bridgehead atoms. The summed E-state index contributed by atoms with van der Waals surface area (Å²) in [4.78, 5) is 30.1. The number of carbonyl (C=O) groups is 2. The van der Waals surface area contributed by atoms with Crippen molar-refractivity contribution in [2.45, 2.75) is 193 Å². The van der Waals surface area contributed by atoms with Crippen LogP contribution in [0.3, 0.4) is 0 Å². The molecule has 0 aromatic rings. The Bertz CT molecular complexity index is 715. The molecule has 0 amide bonds. The van der Waals surface area contributed by atoms with Crippen molar-refractivity contribution in [1.29, 1.82) is 0 Å². The fraction of sp³-hybridized carbons (Fsp3) is 0.921. The summed E-state index contributed by atoms with van der Waals surface area (Å²) in [7, 11) is 0. The van der Waals surface area contributed by atoms with Crippen molar-refractivity contribution in [3.8, 4) is 0 Å². The summed E-state index contributed by atoms with van der Waals surface area (Å²) in [5.41, 5.74) is 0. The van der Waals surface area contributed by atoms with Crippen LogP contribution in [0.2, 0.25) is 0 Å². The van der Waals surface area contributed by atoms with E-state index in [9.17, 15) is 9.59 Å². The summed E-state index contributed by atoms with van der Waals surface area (Å²) in [6, 6.07) is -0.668. The molecule has 6 heteroatoms. The van der Waals surface area contributed by atoms with E-state index in [1.54, 1.807) is 0 Å². The minimum Gasteiger partial charge on any atom is -0.480 e. The van der Waals surface area contributed by atoms with E-state index in [-0.39, 0.29) is 12.1 Å². The van der Waals surface area contributed by atoms with Gasteiger partial charge in [0.15, 0.2) is 0 Å². The van der Waals surface area contributed by atoms with Crippen molar-refractivity contribution in [3.63, 3.8) is 0 Å². The molecule has 1 aliphatic rings. The first-order chi connectivity index (χ1) is 21.4. The zero-order valence-corrected chi connectivity index (χ0v) is 29.4. The predicted octanol–water partition coefficient (Wildman–Crippen LogP) is 10.4. The van der Waals surface area contributed by atoms with Crippen molar-refractivity contribution in [3.05, 3.63) is 0 Å². The second-order valence-corrected chi connectivity index (χ2v) is 13.8. The van der Waals surface area contributed by atoms with Gasteiger partial charge in [-0.05, 0) is 102 Å². The number of hydrogen-bond acceptors (Lipinski definition) is 5. The van der Waals surface area contributed by atoms with Crippen molar-refractivity contribution in [1.82, 2.24) is 4.90 Å². The molecule has 0 saturated heterocycles. The van der Waals surface area contributed by atoms with Crippen LogP contribution in [-0.2, 0) is 14.3 Å². The second kappa shape index (κ2) is 27.8. The summed E-state index contributed by atoms with van der Waals surface area (Å²) >= 11 is 0. The minimum absolute atomic E-state index is 0.0201. The van der Waals surface area contributed by atoms with E-state index in [1.165, 1.54) is 109 Å². The standard InChI is InChI=1S/C38H72N2O4/c1-5-7-30-40(32-23-21-28-36(39-4)38(42)43)31-22-15-9-12-20-29-37(41)44-35-26-18-11-8-10-16-24-33(3)34(6-2)25-17-13-14-19-27-35/h33-36H,4-32H2,1-3H3,(H,42,43). The summed E-state index contributed by atoms with van der Waals surface area (Å²) in [5.74, 6) is 0.923. The smallest absolute Gasteiger partial charge is 0.328 e. The first kappa shape index (κ1) is 40.6. The number of rotatable bonds is 20. The van der Waals surface area contributed by atoms with Gasteiger partial charge in [-0.1, -0.05) is 111 Å². The number of carboxylic acids is 1. The van der Waals surface area contributed by atoms with Crippen molar-refractivity contribution < 1.29 is 19.4 Å².